The van der Waals surface area contributed by atoms with Crippen molar-refractivity contribution in [2.75, 3.05) is 19.6 Å². The van der Waals surface area contributed by atoms with Gasteiger partial charge in [-0.25, -0.2) is 4.98 Å². The minimum Gasteiger partial charge on any atom is -0.309 e. The van der Waals surface area contributed by atoms with E-state index in [4.69, 9.17) is 4.98 Å². The third-order valence-electron chi connectivity index (χ3n) is 4.71. The summed E-state index contributed by atoms with van der Waals surface area (Å²) in [6.45, 7) is 4.89. The number of hydrogen-bond donors (Lipinski definition) is 1. The first kappa shape index (κ1) is 13.2. The lowest BCUT2D eigenvalue weighted by Crippen LogP contribution is -2.21. The van der Waals surface area contributed by atoms with Crippen molar-refractivity contribution in [2.45, 2.75) is 63.5 Å². The van der Waals surface area contributed by atoms with E-state index < -0.39 is 0 Å². The first-order valence-electron chi connectivity index (χ1n) is 8.33. The van der Waals surface area contributed by atoms with Crippen molar-refractivity contribution in [1.82, 2.24) is 15.2 Å². The van der Waals surface area contributed by atoms with Crippen LogP contribution in [0, 0.1) is 0 Å². The molecule has 0 atom stereocenters. The van der Waals surface area contributed by atoms with Gasteiger partial charge in [-0.1, -0.05) is 0 Å². The van der Waals surface area contributed by atoms with E-state index >= 15 is 0 Å². The molecule has 3 fully saturated rings. The second-order valence-corrected chi connectivity index (χ2v) is 7.81. The van der Waals surface area contributed by atoms with Crippen LogP contribution in [0.15, 0.2) is 0 Å². The molecule has 0 bridgehead atoms. The van der Waals surface area contributed by atoms with Gasteiger partial charge in [-0.2, -0.15) is 0 Å². The van der Waals surface area contributed by atoms with E-state index in [-0.39, 0.29) is 0 Å². The average Bonchev–Trinajstić information content (AvgIpc) is 3.38. The summed E-state index contributed by atoms with van der Waals surface area (Å²) >= 11 is 1.98. The van der Waals surface area contributed by atoms with E-state index in [1.54, 1.807) is 0 Å². The summed E-state index contributed by atoms with van der Waals surface area (Å²) in [6.07, 6.45) is 9.42. The van der Waals surface area contributed by atoms with Crippen molar-refractivity contribution >= 4 is 11.3 Å². The number of thiazole rings is 1. The molecule has 4 rings (SSSR count). The largest absolute Gasteiger partial charge is 0.309 e. The van der Waals surface area contributed by atoms with Crippen molar-refractivity contribution in [3.05, 3.63) is 15.6 Å². The van der Waals surface area contributed by atoms with Gasteiger partial charge < -0.3 is 10.2 Å². The average molecular weight is 291 g/mol. The number of rotatable bonds is 7. The van der Waals surface area contributed by atoms with Crippen LogP contribution in [0.4, 0.5) is 0 Å². The maximum Gasteiger partial charge on any atom is 0.0944 e. The Morgan fingerprint density at radius 1 is 1.15 bits per heavy atom. The minimum atomic E-state index is 0.794. The molecule has 1 saturated heterocycles. The summed E-state index contributed by atoms with van der Waals surface area (Å²) in [6, 6.07) is 0.803. The second kappa shape index (κ2) is 5.74. The zero-order valence-corrected chi connectivity index (χ0v) is 13.1. The number of nitrogens with zero attached hydrogens (tertiary/aromatic N) is 2. The zero-order chi connectivity index (χ0) is 13.4. The molecular formula is C16H25N3S. The van der Waals surface area contributed by atoms with E-state index in [1.165, 1.54) is 73.7 Å². The molecule has 3 aliphatic rings. The molecule has 3 nitrogen and oxygen atoms in total. The molecule has 0 aromatic carbocycles. The molecule has 0 spiro atoms. The van der Waals surface area contributed by atoms with Crippen LogP contribution in [0.3, 0.4) is 0 Å². The summed E-state index contributed by atoms with van der Waals surface area (Å²) in [5.74, 6) is 0.794. The SMILES string of the molecule is C1CCN(CCc2nc(C3CC3)c(CNC3CC3)s2)C1. The fourth-order valence-corrected chi connectivity index (χ4v) is 4.20. The Morgan fingerprint density at radius 2 is 1.95 bits per heavy atom. The number of aromatic nitrogens is 1. The molecule has 110 valence electrons. The van der Waals surface area contributed by atoms with Crippen molar-refractivity contribution < 1.29 is 0 Å². The number of likely N-dealkylation sites (tertiary alicyclic amines) is 1. The van der Waals surface area contributed by atoms with Gasteiger partial charge in [0.2, 0.25) is 0 Å². The third kappa shape index (κ3) is 3.23. The molecule has 4 heteroatoms. The maximum atomic E-state index is 4.98. The van der Waals surface area contributed by atoms with Crippen LogP contribution >= 0.6 is 11.3 Å². The summed E-state index contributed by atoms with van der Waals surface area (Å²) in [5, 5.41) is 5.05. The molecule has 2 heterocycles. The monoisotopic (exact) mass is 291 g/mol. The third-order valence-corrected chi connectivity index (χ3v) is 5.84. The van der Waals surface area contributed by atoms with Crippen LogP contribution < -0.4 is 5.32 Å². The van der Waals surface area contributed by atoms with Crippen molar-refractivity contribution in [3.8, 4) is 0 Å². The number of hydrogen-bond acceptors (Lipinski definition) is 4. The first-order valence-corrected chi connectivity index (χ1v) is 9.14. The smallest absolute Gasteiger partial charge is 0.0944 e. The summed E-state index contributed by atoms with van der Waals surface area (Å²) in [5.41, 5.74) is 1.44. The summed E-state index contributed by atoms with van der Waals surface area (Å²) in [4.78, 5) is 9.12. The van der Waals surface area contributed by atoms with Gasteiger partial charge in [-0.3, -0.25) is 0 Å². The quantitative estimate of drug-likeness (QED) is 0.837. The highest BCUT2D eigenvalue weighted by Crippen LogP contribution is 2.43. The molecule has 1 aliphatic heterocycles. The molecule has 0 radical (unpaired) electrons. The van der Waals surface area contributed by atoms with Gasteiger partial charge in [0.1, 0.15) is 0 Å². The van der Waals surface area contributed by atoms with Crippen LogP contribution in [0.5, 0.6) is 0 Å². The molecule has 0 unspecified atom stereocenters. The normalized spacial score (nSPS) is 23.6. The molecule has 2 aliphatic carbocycles. The van der Waals surface area contributed by atoms with Gasteiger partial charge in [-0.05, 0) is 51.6 Å². The Kier molecular flexibility index (Phi) is 3.80. The lowest BCUT2D eigenvalue weighted by atomic mass is 10.2. The van der Waals surface area contributed by atoms with Crippen molar-refractivity contribution in [1.29, 1.82) is 0 Å². The van der Waals surface area contributed by atoms with E-state index in [0.29, 0.717) is 0 Å². The van der Waals surface area contributed by atoms with Gasteiger partial charge in [-0.15, -0.1) is 11.3 Å². The van der Waals surface area contributed by atoms with E-state index in [0.717, 1.165) is 24.9 Å². The predicted octanol–water partition coefficient (Wildman–Crippen LogP) is 2.91. The van der Waals surface area contributed by atoms with Crippen LogP contribution in [-0.4, -0.2) is 35.6 Å². The first-order chi connectivity index (χ1) is 9.88. The second-order valence-electron chi connectivity index (χ2n) is 6.64. The van der Waals surface area contributed by atoms with Crippen LogP contribution in [-0.2, 0) is 13.0 Å². The Bertz CT molecular complexity index is 456. The minimum absolute atomic E-state index is 0.794. The Balaban J connectivity index is 1.38. The lowest BCUT2D eigenvalue weighted by molar-refractivity contribution is 0.343. The predicted molar refractivity (Wildman–Crippen MR) is 83.3 cm³/mol. The Labute approximate surface area is 125 Å². The van der Waals surface area contributed by atoms with Gasteiger partial charge in [0.25, 0.3) is 0 Å². The molecule has 20 heavy (non-hydrogen) atoms. The topological polar surface area (TPSA) is 28.2 Å². The van der Waals surface area contributed by atoms with Gasteiger partial charge in [0.05, 0.1) is 10.7 Å². The van der Waals surface area contributed by atoms with Crippen molar-refractivity contribution in [3.63, 3.8) is 0 Å². The molecule has 1 aromatic rings. The molecule has 2 saturated carbocycles. The highest BCUT2D eigenvalue weighted by Gasteiger charge is 2.30. The molecule has 1 aromatic heterocycles. The fraction of sp³-hybridized carbons (Fsp3) is 0.812. The van der Waals surface area contributed by atoms with E-state index in [9.17, 15) is 0 Å². The van der Waals surface area contributed by atoms with Gasteiger partial charge >= 0.3 is 0 Å². The maximum absolute atomic E-state index is 4.98. The molecular weight excluding hydrogens is 266 g/mol. The highest BCUT2D eigenvalue weighted by atomic mass is 32.1. The van der Waals surface area contributed by atoms with E-state index in [2.05, 4.69) is 10.2 Å². The summed E-state index contributed by atoms with van der Waals surface area (Å²) in [7, 11) is 0. The van der Waals surface area contributed by atoms with Gasteiger partial charge in [0.15, 0.2) is 0 Å². The highest BCUT2D eigenvalue weighted by molar-refractivity contribution is 7.11. The molecule has 0 amide bonds. The standard InChI is InChI=1S/C16H25N3S/c1-2-9-19(8-1)10-7-15-18-16(12-3-4-12)14(20-15)11-17-13-5-6-13/h12-13,17H,1-11H2. The van der Waals surface area contributed by atoms with E-state index in [1.807, 2.05) is 11.3 Å². The fourth-order valence-electron chi connectivity index (χ4n) is 3.11. The van der Waals surface area contributed by atoms with Crippen molar-refractivity contribution in [2.24, 2.45) is 0 Å². The lowest BCUT2D eigenvalue weighted by Gasteiger charge is -2.12. The Morgan fingerprint density at radius 3 is 2.65 bits per heavy atom. The number of nitrogens with one attached hydrogen (secondary N) is 1. The summed E-state index contributed by atoms with van der Waals surface area (Å²) < 4.78 is 0. The van der Waals surface area contributed by atoms with Crippen LogP contribution in [0.1, 0.15) is 60.0 Å². The van der Waals surface area contributed by atoms with Crippen LogP contribution in [0.25, 0.3) is 0 Å². The molecule has 1 N–H and O–H groups in total. The van der Waals surface area contributed by atoms with Crippen LogP contribution in [0.2, 0.25) is 0 Å². The van der Waals surface area contributed by atoms with Gasteiger partial charge in [0, 0.05) is 36.3 Å². The zero-order valence-electron chi connectivity index (χ0n) is 12.2. The Hall–Kier alpha value is -0.450.